The van der Waals surface area contributed by atoms with Crippen LogP contribution in [0.1, 0.15) is 12.0 Å². The Kier molecular flexibility index (Phi) is 3.26. The molecule has 1 N–H and O–H groups in total. The maximum atomic E-state index is 4.36. The van der Waals surface area contributed by atoms with E-state index in [-0.39, 0.29) is 0 Å². The fraction of sp³-hybridized carbons (Fsp3) is 0.400. The van der Waals surface area contributed by atoms with E-state index in [1.54, 1.807) is 0 Å². The largest absolute Gasteiger partial charge is 0.316 e. The van der Waals surface area contributed by atoms with Gasteiger partial charge in [0, 0.05) is 37.3 Å². The Hall–Kier alpha value is -1.45. The van der Waals surface area contributed by atoms with Crippen LogP contribution < -0.4 is 5.32 Å². The number of aromatic nitrogens is 1. The molecule has 1 aliphatic rings. The van der Waals surface area contributed by atoms with Gasteiger partial charge in [-0.15, -0.1) is 0 Å². The lowest BCUT2D eigenvalue weighted by Crippen LogP contribution is -2.29. The number of hydrogen-bond acceptors (Lipinski definition) is 3. The summed E-state index contributed by atoms with van der Waals surface area (Å²) < 4.78 is 0. The molecule has 2 aromatic rings. The summed E-state index contributed by atoms with van der Waals surface area (Å²) in [5, 5.41) is 4.59. The fourth-order valence-corrected chi connectivity index (χ4v) is 2.69. The van der Waals surface area contributed by atoms with Gasteiger partial charge in [0.1, 0.15) is 0 Å². The van der Waals surface area contributed by atoms with Crippen molar-refractivity contribution >= 4 is 10.9 Å². The molecule has 3 heteroatoms. The summed E-state index contributed by atoms with van der Waals surface area (Å²) in [5.41, 5.74) is 2.46. The van der Waals surface area contributed by atoms with Crippen LogP contribution in [0.15, 0.2) is 36.5 Å². The van der Waals surface area contributed by atoms with Crippen molar-refractivity contribution in [3.63, 3.8) is 0 Å². The Bertz CT molecular complexity index is 538. The normalized spacial score (nSPS) is 20.6. The molecule has 3 nitrogen and oxygen atoms in total. The van der Waals surface area contributed by atoms with Crippen LogP contribution in [-0.2, 0) is 6.54 Å². The van der Waals surface area contributed by atoms with Gasteiger partial charge >= 0.3 is 0 Å². The second kappa shape index (κ2) is 5.04. The minimum atomic E-state index is 0.659. The number of rotatable bonds is 3. The number of nitrogens with zero attached hydrogens (tertiary/aromatic N) is 2. The minimum absolute atomic E-state index is 0.659. The number of fused-ring (bicyclic) bond motifs is 1. The molecular weight excluding hydrogens is 222 g/mol. The van der Waals surface area contributed by atoms with Crippen LogP contribution in [0.2, 0.25) is 0 Å². The van der Waals surface area contributed by atoms with E-state index in [1.165, 1.54) is 23.9 Å². The molecule has 1 fully saturated rings. The highest BCUT2D eigenvalue weighted by molar-refractivity contribution is 5.78. The van der Waals surface area contributed by atoms with Gasteiger partial charge in [0.15, 0.2) is 0 Å². The standard InChI is InChI=1S/C15H19N3/c1-16-14-6-8-18(11-14)10-12-4-5-15-13(9-12)3-2-7-17-15/h2-5,7,9,14,16H,6,8,10-11H2,1H3. The van der Waals surface area contributed by atoms with Crippen molar-refractivity contribution < 1.29 is 0 Å². The highest BCUT2D eigenvalue weighted by Crippen LogP contribution is 2.17. The molecule has 0 spiro atoms. The van der Waals surface area contributed by atoms with E-state index in [2.05, 4.69) is 46.5 Å². The molecule has 1 aromatic carbocycles. The molecule has 3 rings (SSSR count). The van der Waals surface area contributed by atoms with E-state index in [9.17, 15) is 0 Å². The first-order chi connectivity index (χ1) is 8.85. The lowest BCUT2D eigenvalue weighted by molar-refractivity contribution is 0.322. The van der Waals surface area contributed by atoms with E-state index in [0.29, 0.717) is 6.04 Å². The third-order valence-corrected chi connectivity index (χ3v) is 3.75. The van der Waals surface area contributed by atoms with Crippen LogP contribution in [0.5, 0.6) is 0 Å². The zero-order chi connectivity index (χ0) is 12.4. The highest BCUT2D eigenvalue weighted by Gasteiger charge is 2.20. The summed E-state index contributed by atoms with van der Waals surface area (Å²) >= 11 is 0. The number of benzene rings is 1. The molecule has 1 aliphatic heterocycles. The average Bonchev–Trinajstić information content (AvgIpc) is 2.86. The van der Waals surface area contributed by atoms with Gasteiger partial charge in [0.2, 0.25) is 0 Å². The number of nitrogens with one attached hydrogen (secondary N) is 1. The minimum Gasteiger partial charge on any atom is -0.316 e. The van der Waals surface area contributed by atoms with E-state index < -0.39 is 0 Å². The van der Waals surface area contributed by atoms with Gasteiger partial charge in [-0.3, -0.25) is 9.88 Å². The van der Waals surface area contributed by atoms with Crippen molar-refractivity contribution in [1.82, 2.24) is 15.2 Å². The van der Waals surface area contributed by atoms with Gasteiger partial charge in [-0.25, -0.2) is 0 Å². The molecule has 0 saturated carbocycles. The zero-order valence-corrected chi connectivity index (χ0v) is 10.8. The van der Waals surface area contributed by atoms with Gasteiger partial charge < -0.3 is 5.32 Å². The molecule has 1 unspecified atom stereocenters. The van der Waals surface area contributed by atoms with Crippen LogP contribution in [0, 0.1) is 0 Å². The zero-order valence-electron chi connectivity index (χ0n) is 10.8. The quantitative estimate of drug-likeness (QED) is 0.891. The Morgan fingerprint density at radius 2 is 2.33 bits per heavy atom. The Balaban J connectivity index is 1.75. The molecule has 1 aromatic heterocycles. The molecule has 1 saturated heterocycles. The van der Waals surface area contributed by atoms with E-state index in [0.717, 1.165) is 18.6 Å². The van der Waals surface area contributed by atoms with Gasteiger partial charge in [-0.2, -0.15) is 0 Å². The lowest BCUT2D eigenvalue weighted by Gasteiger charge is -2.16. The van der Waals surface area contributed by atoms with Crippen LogP contribution >= 0.6 is 0 Å². The molecule has 2 heterocycles. The molecule has 94 valence electrons. The second-order valence-corrected chi connectivity index (χ2v) is 5.04. The van der Waals surface area contributed by atoms with Gasteiger partial charge in [-0.05, 0) is 37.2 Å². The predicted molar refractivity (Wildman–Crippen MR) is 74.5 cm³/mol. The monoisotopic (exact) mass is 241 g/mol. The number of pyridine rings is 1. The van der Waals surface area contributed by atoms with Crippen LogP contribution in [0.3, 0.4) is 0 Å². The van der Waals surface area contributed by atoms with Crippen molar-refractivity contribution in [2.45, 2.75) is 19.0 Å². The maximum absolute atomic E-state index is 4.36. The van der Waals surface area contributed by atoms with Crippen LogP contribution in [0.4, 0.5) is 0 Å². The molecule has 1 atom stereocenters. The fourth-order valence-electron chi connectivity index (χ4n) is 2.69. The molecule has 18 heavy (non-hydrogen) atoms. The maximum Gasteiger partial charge on any atom is 0.0702 e. The van der Waals surface area contributed by atoms with E-state index in [4.69, 9.17) is 0 Å². The Morgan fingerprint density at radius 3 is 3.17 bits per heavy atom. The van der Waals surface area contributed by atoms with E-state index >= 15 is 0 Å². The van der Waals surface area contributed by atoms with Gasteiger partial charge in [0.05, 0.1) is 5.52 Å². The summed E-state index contributed by atoms with van der Waals surface area (Å²) in [6, 6.07) is 11.4. The number of likely N-dealkylation sites (tertiary alicyclic amines) is 1. The van der Waals surface area contributed by atoms with Crippen LogP contribution in [-0.4, -0.2) is 36.1 Å². The molecule has 0 aliphatic carbocycles. The Morgan fingerprint density at radius 1 is 1.39 bits per heavy atom. The molecular formula is C15H19N3. The first-order valence-electron chi connectivity index (χ1n) is 6.58. The molecule has 0 radical (unpaired) electrons. The molecule has 0 bridgehead atoms. The lowest BCUT2D eigenvalue weighted by atomic mass is 10.1. The topological polar surface area (TPSA) is 28.2 Å². The summed E-state index contributed by atoms with van der Waals surface area (Å²) in [4.78, 5) is 6.87. The third-order valence-electron chi connectivity index (χ3n) is 3.75. The van der Waals surface area contributed by atoms with Crippen LogP contribution in [0.25, 0.3) is 10.9 Å². The smallest absolute Gasteiger partial charge is 0.0702 e. The summed E-state index contributed by atoms with van der Waals surface area (Å²) in [6.07, 6.45) is 3.10. The number of hydrogen-bond donors (Lipinski definition) is 1. The first kappa shape index (κ1) is 11.6. The van der Waals surface area contributed by atoms with Crippen molar-refractivity contribution in [3.8, 4) is 0 Å². The summed E-state index contributed by atoms with van der Waals surface area (Å²) in [7, 11) is 2.05. The molecule has 0 amide bonds. The number of likely N-dealkylation sites (N-methyl/N-ethyl adjacent to an activating group) is 1. The summed E-state index contributed by atoms with van der Waals surface area (Å²) in [5.74, 6) is 0. The Labute approximate surface area is 108 Å². The van der Waals surface area contributed by atoms with E-state index in [1.807, 2.05) is 12.3 Å². The highest BCUT2D eigenvalue weighted by atomic mass is 15.2. The predicted octanol–water partition coefficient (Wildman–Crippen LogP) is 2.03. The summed E-state index contributed by atoms with van der Waals surface area (Å²) in [6.45, 7) is 3.39. The van der Waals surface area contributed by atoms with Crippen molar-refractivity contribution in [2.24, 2.45) is 0 Å². The first-order valence-corrected chi connectivity index (χ1v) is 6.58. The SMILES string of the molecule is CNC1CCN(Cc2ccc3ncccc3c2)C1. The van der Waals surface area contributed by atoms with Crippen molar-refractivity contribution in [3.05, 3.63) is 42.1 Å². The van der Waals surface area contributed by atoms with Gasteiger partial charge in [0.25, 0.3) is 0 Å². The average molecular weight is 241 g/mol. The third kappa shape index (κ3) is 2.37. The van der Waals surface area contributed by atoms with Gasteiger partial charge in [-0.1, -0.05) is 12.1 Å². The van der Waals surface area contributed by atoms with Crippen molar-refractivity contribution in [2.75, 3.05) is 20.1 Å². The second-order valence-electron chi connectivity index (χ2n) is 5.04. The van der Waals surface area contributed by atoms with Crippen molar-refractivity contribution in [1.29, 1.82) is 0 Å².